The third-order valence-electron chi connectivity index (χ3n) is 4.35. The zero-order valence-electron chi connectivity index (χ0n) is 17.0. The number of rotatable bonds is 3. The largest absolute Gasteiger partial charge is 0.507 e. The summed E-state index contributed by atoms with van der Waals surface area (Å²) in [5, 5.41) is 14.3. The molecule has 0 aliphatic carbocycles. The minimum atomic E-state index is -2.24. The normalized spacial score (nSPS) is 12.7. The molecule has 0 amide bonds. The van der Waals surface area contributed by atoms with Gasteiger partial charge in [-0.1, -0.05) is 41.5 Å². The lowest BCUT2D eigenvalue weighted by atomic mass is 9.78. The van der Waals surface area contributed by atoms with Gasteiger partial charge in [0.2, 0.25) is 5.82 Å². The molecule has 2 aromatic carbocycles. The quantitative estimate of drug-likeness (QED) is 0.209. The second kappa shape index (κ2) is 7.65. The van der Waals surface area contributed by atoms with E-state index in [0.29, 0.717) is 16.7 Å². The standard InChI is InChI=1S/C21H23F5N2O/c1-20(2,3)11-7-10(8-12(19(11)29)21(4,5)6)9-27-28-18-16(25)14(23)13(22)15(24)17(18)26/h7-9,28-29H,1-6H3/b27-9-. The summed E-state index contributed by atoms with van der Waals surface area (Å²) in [4.78, 5) is 0. The highest BCUT2D eigenvalue weighted by Gasteiger charge is 2.27. The number of hydrogen-bond acceptors (Lipinski definition) is 3. The van der Waals surface area contributed by atoms with Gasteiger partial charge < -0.3 is 5.11 Å². The van der Waals surface area contributed by atoms with E-state index in [0.717, 1.165) is 0 Å². The van der Waals surface area contributed by atoms with Crippen molar-refractivity contribution in [2.75, 3.05) is 5.43 Å². The van der Waals surface area contributed by atoms with Crippen molar-refractivity contribution in [3.05, 3.63) is 57.9 Å². The molecule has 0 bridgehead atoms. The predicted octanol–water partition coefficient (Wildman–Crippen LogP) is 6.13. The van der Waals surface area contributed by atoms with E-state index in [1.54, 1.807) is 12.1 Å². The summed E-state index contributed by atoms with van der Waals surface area (Å²) in [5.41, 5.74) is 1.54. The summed E-state index contributed by atoms with van der Waals surface area (Å²) in [6, 6.07) is 3.29. The van der Waals surface area contributed by atoms with Crippen molar-refractivity contribution in [3.8, 4) is 5.75 Å². The summed E-state index contributed by atoms with van der Waals surface area (Å²) in [5.74, 6) is -10.2. The molecule has 2 aromatic rings. The lowest BCUT2D eigenvalue weighted by Gasteiger charge is -2.27. The topological polar surface area (TPSA) is 44.6 Å². The first-order chi connectivity index (χ1) is 13.2. The molecule has 0 saturated heterocycles. The van der Waals surface area contributed by atoms with Crippen LogP contribution in [-0.4, -0.2) is 11.3 Å². The van der Waals surface area contributed by atoms with Crippen molar-refractivity contribution >= 4 is 11.9 Å². The molecule has 3 nitrogen and oxygen atoms in total. The monoisotopic (exact) mass is 414 g/mol. The number of phenols is 1. The number of hydrazone groups is 1. The van der Waals surface area contributed by atoms with Gasteiger partial charge in [-0.05, 0) is 28.5 Å². The van der Waals surface area contributed by atoms with Gasteiger partial charge in [0.15, 0.2) is 23.3 Å². The number of halogens is 5. The van der Waals surface area contributed by atoms with Crippen molar-refractivity contribution < 1.29 is 27.1 Å². The molecule has 2 rings (SSSR count). The molecule has 0 aromatic heterocycles. The minimum Gasteiger partial charge on any atom is -0.507 e. The molecule has 2 N–H and O–H groups in total. The Kier molecular flexibility index (Phi) is 5.97. The molecule has 0 radical (unpaired) electrons. The van der Waals surface area contributed by atoms with Crippen LogP contribution < -0.4 is 5.43 Å². The fourth-order valence-electron chi connectivity index (χ4n) is 2.75. The zero-order valence-corrected chi connectivity index (χ0v) is 17.0. The van der Waals surface area contributed by atoms with Gasteiger partial charge in [0.1, 0.15) is 11.4 Å². The van der Waals surface area contributed by atoms with Crippen molar-refractivity contribution in [2.45, 2.75) is 52.4 Å². The molecule has 0 aliphatic heterocycles. The Bertz CT molecular complexity index is 908. The first kappa shape index (κ1) is 22.6. The van der Waals surface area contributed by atoms with Crippen LogP contribution in [0.2, 0.25) is 0 Å². The Morgan fingerprint density at radius 2 is 1.14 bits per heavy atom. The summed E-state index contributed by atoms with van der Waals surface area (Å²) in [6.45, 7) is 11.4. The third-order valence-corrected chi connectivity index (χ3v) is 4.35. The van der Waals surface area contributed by atoms with Gasteiger partial charge in [0.25, 0.3) is 0 Å². The highest BCUT2D eigenvalue weighted by molar-refractivity contribution is 5.82. The molecule has 0 spiro atoms. The van der Waals surface area contributed by atoms with Crippen molar-refractivity contribution in [1.82, 2.24) is 0 Å². The number of phenolic OH excluding ortho intramolecular Hbond substituents is 1. The number of nitrogens with zero attached hydrogens (tertiary/aromatic N) is 1. The maximum absolute atomic E-state index is 13.7. The van der Waals surface area contributed by atoms with Crippen LogP contribution >= 0.6 is 0 Å². The lowest BCUT2D eigenvalue weighted by Crippen LogP contribution is -2.18. The van der Waals surface area contributed by atoms with Crippen molar-refractivity contribution in [2.24, 2.45) is 5.10 Å². The van der Waals surface area contributed by atoms with Gasteiger partial charge in [0, 0.05) is 11.1 Å². The summed E-state index contributed by atoms with van der Waals surface area (Å²) in [6.07, 6.45) is 1.18. The van der Waals surface area contributed by atoms with E-state index in [9.17, 15) is 27.1 Å². The molecule has 0 saturated carbocycles. The summed E-state index contributed by atoms with van der Waals surface area (Å²) in [7, 11) is 0. The Balaban J connectivity index is 2.49. The lowest BCUT2D eigenvalue weighted by molar-refractivity contribution is 0.381. The number of benzene rings is 2. The van der Waals surface area contributed by atoms with E-state index < -0.39 is 45.6 Å². The number of aromatic hydroxyl groups is 1. The van der Waals surface area contributed by atoms with E-state index in [2.05, 4.69) is 5.10 Å². The van der Waals surface area contributed by atoms with Gasteiger partial charge >= 0.3 is 0 Å². The zero-order chi connectivity index (χ0) is 22.3. The third kappa shape index (κ3) is 4.52. The van der Waals surface area contributed by atoms with Crippen LogP contribution in [0, 0.1) is 29.1 Å². The predicted molar refractivity (Wildman–Crippen MR) is 103 cm³/mol. The molecular weight excluding hydrogens is 391 g/mol. The molecule has 0 aliphatic rings. The van der Waals surface area contributed by atoms with Crippen LogP contribution in [0.25, 0.3) is 0 Å². The van der Waals surface area contributed by atoms with Gasteiger partial charge in [0.05, 0.1) is 6.21 Å². The molecule has 0 heterocycles. The van der Waals surface area contributed by atoms with Crippen LogP contribution in [0.5, 0.6) is 5.75 Å². The molecular formula is C21H23F5N2O. The number of nitrogens with one attached hydrogen (secondary N) is 1. The van der Waals surface area contributed by atoms with Gasteiger partial charge in [-0.25, -0.2) is 22.0 Å². The highest BCUT2D eigenvalue weighted by atomic mass is 19.2. The van der Waals surface area contributed by atoms with E-state index >= 15 is 0 Å². The average Bonchev–Trinajstić information content (AvgIpc) is 2.60. The molecule has 0 atom stereocenters. The van der Waals surface area contributed by atoms with E-state index in [-0.39, 0.29) is 5.75 Å². The first-order valence-electron chi connectivity index (χ1n) is 8.84. The smallest absolute Gasteiger partial charge is 0.200 e. The Morgan fingerprint density at radius 1 is 0.759 bits per heavy atom. The Labute approximate surface area is 166 Å². The van der Waals surface area contributed by atoms with E-state index in [1.165, 1.54) is 6.21 Å². The van der Waals surface area contributed by atoms with Gasteiger partial charge in [-0.3, -0.25) is 5.43 Å². The van der Waals surface area contributed by atoms with Gasteiger partial charge in [-0.2, -0.15) is 5.10 Å². The summed E-state index contributed by atoms with van der Waals surface area (Å²) >= 11 is 0. The Hall–Kier alpha value is -2.64. The maximum Gasteiger partial charge on any atom is 0.200 e. The SMILES string of the molecule is CC(C)(C)c1cc(/C=N\Nc2c(F)c(F)c(F)c(F)c2F)cc(C(C)(C)C)c1O. The van der Waals surface area contributed by atoms with Crippen LogP contribution in [0.3, 0.4) is 0 Å². The minimum absolute atomic E-state index is 0.134. The highest BCUT2D eigenvalue weighted by Crippen LogP contribution is 2.39. The number of anilines is 1. The number of hydrogen-bond donors (Lipinski definition) is 2. The fourth-order valence-corrected chi connectivity index (χ4v) is 2.75. The molecule has 0 unspecified atom stereocenters. The average molecular weight is 414 g/mol. The van der Waals surface area contributed by atoms with E-state index in [4.69, 9.17) is 0 Å². The molecule has 29 heavy (non-hydrogen) atoms. The van der Waals surface area contributed by atoms with Crippen LogP contribution in [0.4, 0.5) is 27.6 Å². The first-order valence-corrected chi connectivity index (χ1v) is 8.84. The van der Waals surface area contributed by atoms with E-state index in [1.807, 2.05) is 47.0 Å². The van der Waals surface area contributed by atoms with Crippen LogP contribution in [-0.2, 0) is 10.8 Å². The van der Waals surface area contributed by atoms with Crippen molar-refractivity contribution in [1.29, 1.82) is 0 Å². The van der Waals surface area contributed by atoms with Crippen LogP contribution in [0.15, 0.2) is 17.2 Å². The second-order valence-electron chi connectivity index (χ2n) is 8.78. The summed E-state index contributed by atoms with van der Waals surface area (Å²) < 4.78 is 67.2. The van der Waals surface area contributed by atoms with Crippen LogP contribution in [0.1, 0.15) is 58.2 Å². The maximum atomic E-state index is 13.7. The fraction of sp³-hybridized carbons (Fsp3) is 0.381. The Morgan fingerprint density at radius 3 is 1.52 bits per heavy atom. The van der Waals surface area contributed by atoms with Crippen molar-refractivity contribution in [3.63, 3.8) is 0 Å². The molecule has 0 fully saturated rings. The molecule has 8 heteroatoms. The molecule has 158 valence electrons. The second-order valence-corrected chi connectivity index (χ2v) is 8.78. The van der Waals surface area contributed by atoms with Gasteiger partial charge in [-0.15, -0.1) is 0 Å².